The van der Waals surface area contributed by atoms with Gasteiger partial charge in [-0.2, -0.15) is 0 Å². The quantitative estimate of drug-likeness (QED) is 0.606. The molecule has 0 unspecified atom stereocenters. The van der Waals surface area contributed by atoms with E-state index in [-0.39, 0.29) is 5.41 Å². The lowest BCUT2D eigenvalue weighted by atomic mass is 9.87. The van der Waals surface area contributed by atoms with Crippen molar-refractivity contribution in [1.29, 1.82) is 0 Å². The van der Waals surface area contributed by atoms with Crippen molar-refractivity contribution in [3.63, 3.8) is 0 Å². The molecule has 1 aromatic heterocycles. The van der Waals surface area contributed by atoms with Gasteiger partial charge in [0.15, 0.2) is 0 Å². The number of fused-ring (bicyclic) bond motifs is 1. The van der Waals surface area contributed by atoms with Crippen LogP contribution in [-0.4, -0.2) is 4.98 Å². The number of benzene rings is 1. The first-order valence-corrected chi connectivity index (χ1v) is 5.72. The molecule has 0 N–H and O–H groups in total. The molecule has 0 spiro atoms. The molecular formula is C15H16N2. The van der Waals surface area contributed by atoms with E-state index in [1.54, 1.807) is 0 Å². The Morgan fingerprint density at radius 1 is 1.12 bits per heavy atom. The summed E-state index contributed by atoms with van der Waals surface area (Å²) in [6.45, 7) is 15.6. The van der Waals surface area contributed by atoms with Crippen molar-refractivity contribution in [2.75, 3.05) is 0 Å². The predicted octanol–water partition coefficient (Wildman–Crippen LogP) is 4.39. The number of pyridine rings is 1. The van der Waals surface area contributed by atoms with E-state index in [1.165, 1.54) is 0 Å². The van der Waals surface area contributed by atoms with Crippen LogP contribution in [-0.2, 0) is 5.41 Å². The van der Waals surface area contributed by atoms with Gasteiger partial charge in [-0.05, 0) is 17.7 Å². The summed E-state index contributed by atoms with van der Waals surface area (Å²) in [5.74, 6) is 0. The predicted molar refractivity (Wildman–Crippen MR) is 71.4 cm³/mol. The molecule has 0 amide bonds. The van der Waals surface area contributed by atoms with Crippen LogP contribution < -0.4 is 0 Å². The summed E-state index contributed by atoms with van der Waals surface area (Å²) in [5.41, 5.74) is 2.56. The van der Waals surface area contributed by atoms with E-state index in [2.05, 4.69) is 36.7 Å². The lowest BCUT2D eigenvalue weighted by Crippen LogP contribution is -2.14. The molecule has 0 aliphatic heterocycles. The lowest BCUT2D eigenvalue weighted by Gasteiger charge is -2.21. The number of hydrogen-bond acceptors (Lipinski definition) is 1. The molecule has 1 aromatic carbocycles. The molecule has 0 fully saturated rings. The lowest BCUT2D eigenvalue weighted by molar-refractivity contribution is 0.574. The van der Waals surface area contributed by atoms with Crippen molar-refractivity contribution < 1.29 is 0 Å². The van der Waals surface area contributed by atoms with Crippen molar-refractivity contribution in [2.24, 2.45) is 0 Å². The molecule has 2 heteroatoms. The Balaban J connectivity index is 2.95. The van der Waals surface area contributed by atoms with E-state index in [0.29, 0.717) is 5.69 Å². The van der Waals surface area contributed by atoms with Gasteiger partial charge in [0.1, 0.15) is 0 Å². The summed E-state index contributed by atoms with van der Waals surface area (Å²) in [4.78, 5) is 8.24. The van der Waals surface area contributed by atoms with Crippen molar-refractivity contribution in [3.8, 4) is 0 Å². The second kappa shape index (κ2) is 3.85. The molecule has 17 heavy (non-hydrogen) atoms. The van der Waals surface area contributed by atoms with E-state index < -0.39 is 0 Å². The normalized spacial score (nSPS) is 11.5. The largest absolute Gasteiger partial charge is 0.269 e. The van der Waals surface area contributed by atoms with Gasteiger partial charge in [0.05, 0.1) is 12.3 Å². The van der Waals surface area contributed by atoms with Gasteiger partial charge in [0.2, 0.25) is 5.69 Å². The van der Waals surface area contributed by atoms with Gasteiger partial charge in [0.25, 0.3) is 0 Å². The molecule has 2 rings (SSSR count). The van der Waals surface area contributed by atoms with Gasteiger partial charge in [-0.3, -0.25) is 4.98 Å². The van der Waals surface area contributed by atoms with Crippen LogP contribution in [0.3, 0.4) is 0 Å². The first-order chi connectivity index (χ1) is 7.95. The molecule has 0 radical (unpaired) electrons. The molecule has 1 heterocycles. The molecule has 0 saturated carbocycles. The smallest absolute Gasteiger partial charge is 0.215 e. The van der Waals surface area contributed by atoms with Crippen LogP contribution in [0.15, 0.2) is 24.3 Å². The third-order valence-corrected chi connectivity index (χ3v) is 2.88. The average Bonchev–Trinajstić information content (AvgIpc) is 2.27. The molecule has 86 valence electrons. The van der Waals surface area contributed by atoms with Gasteiger partial charge in [-0.1, -0.05) is 45.0 Å². The zero-order valence-corrected chi connectivity index (χ0v) is 10.7. The van der Waals surface area contributed by atoms with Gasteiger partial charge in [0, 0.05) is 11.1 Å². The molecule has 0 aliphatic rings. The molecular weight excluding hydrogens is 208 g/mol. The minimum atomic E-state index is -0.00901. The SMILES string of the molecule is [C-]#[N+]c1c(C)nc(C(C)(C)C)c2ccccc12. The van der Waals surface area contributed by atoms with Crippen LogP contribution in [0.2, 0.25) is 0 Å². The van der Waals surface area contributed by atoms with Gasteiger partial charge < -0.3 is 0 Å². The minimum absolute atomic E-state index is 0.00901. The topological polar surface area (TPSA) is 17.2 Å². The Bertz CT molecular complexity index is 613. The maximum Gasteiger partial charge on any atom is 0.215 e. The number of aryl methyl sites for hydroxylation is 1. The number of aromatic nitrogens is 1. The summed E-state index contributed by atoms with van der Waals surface area (Å²) in [6.07, 6.45) is 0. The van der Waals surface area contributed by atoms with Crippen LogP contribution in [0.1, 0.15) is 32.2 Å². The fraction of sp³-hybridized carbons (Fsp3) is 0.333. The van der Waals surface area contributed by atoms with Crippen LogP contribution in [0.5, 0.6) is 0 Å². The molecule has 0 bridgehead atoms. The standard InChI is InChI=1S/C15H16N2/c1-10-13(16-5)11-8-6-7-9-12(11)14(17-10)15(2,3)4/h6-9H,1-4H3. The van der Waals surface area contributed by atoms with Gasteiger partial charge >= 0.3 is 0 Å². The van der Waals surface area contributed by atoms with Gasteiger partial charge in [-0.15, -0.1) is 0 Å². The highest BCUT2D eigenvalue weighted by Gasteiger charge is 2.21. The van der Waals surface area contributed by atoms with Gasteiger partial charge in [-0.25, -0.2) is 4.85 Å². The molecule has 0 atom stereocenters. The molecule has 0 aliphatic carbocycles. The van der Waals surface area contributed by atoms with E-state index in [9.17, 15) is 0 Å². The highest BCUT2D eigenvalue weighted by molar-refractivity contribution is 5.97. The number of hydrogen-bond donors (Lipinski definition) is 0. The fourth-order valence-corrected chi connectivity index (χ4v) is 2.08. The van der Waals surface area contributed by atoms with E-state index in [4.69, 9.17) is 6.57 Å². The first kappa shape index (κ1) is 11.6. The number of rotatable bonds is 0. The second-order valence-electron chi connectivity index (χ2n) is 5.30. The average molecular weight is 224 g/mol. The Kier molecular flexibility index (Phi) is 2.63. The third kappa shape index (κ3) is 1.89. The van der Waals surface area contributed by atoms with E-state index in [1.807, 2.05) is 25.1 Å². The van der Waals surface area contributed by atoms with Crippen molar-refractivity contribution >= 4 is 16.5 Å². The van der Waals surface area contributed by atoms with Crippen LogP contribution >= 0.6 is 0 Å². The number of nitrogens with zero attached hydrogens (tertiary/aromatic N) is 2. The Morgan fingerprint density at radius 3 is 2.24 bits per heavy atom. The van der Waals surface area contributed by atoms with E-state index in [0.717, 1.165) is 22.2 Å². The Labute approximate surface area is 102 Å². The zero-order valence-electron chi connectivity index (χ0n) is 10.7. The van der Waals surface area contributed by atoms with Crippen LogP contribution in [0.25, 0.3) is 15.6 Å². The summed E-state index contributed by atoms with van der Waals surface area (Å²) < 4.78 is 0. The summed E-state index contributed by atoms with van der Waals surface area (Å²) in [7, 11) is 0. The zero-order chi connectivity index (χ0) is 12.6. The molecule has 2 aromatic rings. The maximum absolute atomic E-state index is 7.28. The Morgan fingerprint density at radius 2 is 1.71 bits per heavy atom. The highest BCUT2D eigenvalue weighted by atomic mass is 14.8. The fourth-order valence-electron chi connectivity index (χ4n) is 2.08. The second-order valence-corrected chi connectivity index (χ2v) is 5.30. The van der Waals surface area contributed by atoms with E-state index >= 15 is 0 Å². The van der Waals surface area contributed by atoms with Crippen molar-refractivity contribution in [2.45, 2.75) is 33.1 Å². The highest BCUT2D eigenvalue weighted by Crippen LogP contribution is 2.35. The van der Waals surface area contributed by atoms with Crippen LogP contribution in [0, 0.1) is 13.5 Å². The summed E-state index contributed by atoms with van der Waals surface area (Å²) in [6, 6.07) is 8.04. The first-order valence-electron chi connectivity index (χ1n) is 5.72. The molecule has 2 nitrogen and oxygen atoms in total. The minimum Gasteiger partial charge on any atom is -0.269 e. The molecule has 0 saturated heterocycles. The maximum atomic E-state index is 7.28. The van der Waals surface area contributed by atoms with Crippen LogP contribution in [0.4, 0.5) is 5.69 Å². The summed E-state index contributed by atoms with van der Waals surface area (Å²) >= 11 is 0. The monoisotopic (exact) mass is 224 g/mol. The van der Waals surface area contributed by atoms with Crippen molar-refractivity contribution in [1.82, 2.24) is 4.98 Å². The summed E-state index contributed by atoms with van der Waals surface area (Å²) in [5, 5.41) is 2.11. The van der Waals surface area contributed by atoms with Crippen molar-refractivity contribution in [3.05, 3.63) is 47.1 Å². The Hall–Kier alpha value is -1.88. The third-order valence-electron chi connectivity index (χ3n) is 2.88.